The van der Waals surface area contributed by atoms with Crippen LogP contribution in [0.4, 0.5) is 0 Å². The van der Waals surface area contributed by atoms with Crippen LogP contribution in [0.25, 0.3) is 98.8 Å². The first-order valence-corrected chi connectivity index (χ1v) is 18.2. The molecule has 0 saturated heterocycles. The van der Waals surface area contributed by atoms with E-state index in [2.05, 4.69) is 191 Å². The Morgan fingerprint density at radius 1 is 0.321 bits per heavy atom. The number of para-hydroxylation sites is 3. The van der Waals surface area contributed by atoms with Gasteiger partial charge in [-0.05, 0) is 99.6 Å². The third-order valence-electron chi connectivity index (χ3n) is 11.3. The number of hydrogen-bond donors (Lipinski definition) is 0. The molecule has 3 heterocycles. The van der Waals surface area contributed by atoms with Gasteiger partial charge in [0.25, 0.3) is 0 Å². The van der Waals surface area contributed by atoms with Gasteiger partial charge in [-0.15, -0.1) is 0 Å². The average molecular weight is 675 g/mol. The number of fused-ring (bicyclic) bond motifs is 10. The van der Waals surface area contributed by atoms with E-state index in [4.69, 9.17) is 4.74 Å². The van der Waals surface area contributed by atoms with Crippen LogP contribution in [0.1, 0.15) is 0 Å². The van der Waals surface area contributed by atoms with Crippen LogP contribution in [0.15, 0.2) is 182 Å². The normalized spacial score (nSPS) is 12.3. The molecule has 0 unspecified atom stereocenters. The number of ether oxygens (including phenoxy) is 1. The van der Waals surface area contributed by atoms with Crippen LogP contribution in [0.5, 0.6) is 11.5 Å². The summed E-state index contributed by atoms with van der Waals surface area (Å²) in [6.07, 6.45) is 0. The van der Waals surface area contributed by atoms with Gasteiger partial charge >= 0.3 is 0 Å². The molecule has 12 rings (SSSR count). The minimum Gasteiger partial charge on any atom is -0.456 e. The predicted octanol–water partition coefficient (Wildman–Crippen LogP) is 13.6. The highest BCUT2D eigenvalue weighted by atomic mass is 16.5. The highest BCUT2D eigenvalue weighted by Crippen LogP contribution is 2.52. The van der Waals surface area contributed by atoms with E-state index in [1.165, 1.54) is 70.9 Å². The molecule has 0 spiro atoms. The highest BCUT2D eigenvalue weighted by Gasteiger charge is 2.26. The van der Waals surface area contributed by atoms with Crippen LogP contribution in [0.3, 0.4) is 0 Å². The molecule has 0 bridgehead atoms. The third-order valence-corrected chi connectivity index (χ3v) is 11.3. The van der Waals surface area contributed by atoms with Crippen molar-refractivity contribution in [1.29, 1.82) is 0 Å². The van der Waals surface area contributed by atoms with E-state index < -0.39 is 0 Å². The largest absolute Gasteiger partial charge is 0.456 e. The van der Waals surface area contributed by atoms with Gasteiger partial charge in [0, 0.05) is 43.9 Å². The van der Waals surface area contributed by atoms with Gasteiger partial charge in [0.05, 0.1) is 22.1 Å². The Morgan fingerprint density at radius 2 is 1.00 bits per heavy atom. The Balaban J connectivity index is 1.10. The molecule has 0 aliphatic carbocycles. The van der Waals surface area contributed by atoms with E-state index in [9.17, 15) is 0 Å². The SMILES string of the molecule is c1ccc(-n2c3ccccc3c3c(-c4ccc5c(c4)Oc4cccc6c4c-5cc4c6c5ccccc5n4-c4ccc5ccccc5c4)cccc32)cc1. The number of nitrogens with zero attached hydrogens (tertiary/aromatic N) is 2. The van der Waals surface area contributed by atoms with Gasteiger partial charge in [0.2, 0.25) is 0 Å². The minimum atomic E-state index is 0.874. The minimum absolute atomic E-state index is 0.874. The maximum absolute atomic E-state index is 6.87. The van der Waals surface area contributed by atoms with Crippen molar-refractivity contribution < 1.29 is 4.74 Å². The van der Waals surface area contributed by atoms with E-state index in [0.717, 1.165) is 39.4 Å². The quantitative estimate of drug-likeness (QED) is 0.183. The molecule has 2 aromatic heterocycles. The van der Waals surface area contributed by atoms with Gasteiger partial charge in [-0.1, -0.05) is 115 Å². The Kier molecular flexibility index (Phi) is 5.77. The van der Waals surface area contributed by atoms with Crippen molar-refractivity contribution in [2.24, 2.45) is 0 Å². The van der Waals surface area contributed by atoms with Crippen LogP contribution >= 0.6 is 0 Å². The summed E-state index contributed by atoms with van der Waals surface area (Å²) in [7, 11) is 0. The number of rotatable bonds is 3. The second-order valence-corrected chi connectivity index (χ2v) is 14.1. The molecule has 0 atom stereocenters. The summed E-state index contributed by atoms with van der Waals surface area (Å²) < 4.78 is 11.7. The summed E-state index contributed by atoms with van der Waals surface area (Å²) in [5.41, 5.74) is 11.7. The van der Waals surface area contributed by atoms with Crippen LogP contribution in [-0.4, -0.2) is 9.13 Å². The van der Waals surface area contributed by atoms with E-state index in [0.29, 0.717) is 0 Å². The molecule has 0 amide bonds. The Labute approximate surface area is 305 Å². The maximum atomic E-state index is 6.87. The van der Waals surface area contributed by atoms with E-state index in [-0.39, 0.29) is 0 Å². The first kappa shape index (κ1) is 28.6. The van der Waals surface area contributed by atoms with Crippen molar-refractivity contribution in [2.75, 3.05) is 0 Å². The molecule has 3 nitrogen and oxygen atoms in total. The van der Waals surface area contributed by atoms with Gasteiger partial charge in [-0.25, -0.2) is 0 Å². The topological polar surface area (TPSA) is 19.1 Å². The van der Waals surface area contributed by atoms with Crippen LogP contribution in [0.2, 0.25) is 0 Å². The first-order chi connectivity index (χ1) is 26.3. The van der Waals surface area contributed by atoms with Crippen molar-refractivity contribution in [3.63, 3.8) is 0 Å². The van der Waals surface area contributed by atoms with Gasteiger partial charge in [0.1, 0.15) is 11.5 Å². The Morgan fingerprint density at radius 3 is 1.85 bits per heavy atom. The summed E-state index contributed by atoms with van der Waals surface area (Å²) in [6, 6.07) is 65.9. The van der Waals surface area contributed by atoms with Gasteiger partial charge in [0.15, 0.2) is 0 Å². The molecule has 9 aromatic carbocycles. The standard InChI is InChI=1S/C50H30N2O/c1-2-14-34(15-3-1)51-42-20-8-6-16-38(42)48-36(18-10-22-44(48)51)33-25-27-37-41-30-45-49(40-19-11-23-46(50(40)41)53-47(37)29-33)39-17-7-9-21-43(39)52(45)35-26-24-31-12-4-5-13-32(31)28-35/h1-30H. The lowest BCUT2D eigenvalue weighted by Gasteiger charge is -2.23. The fourth-order valence-electron chi connectivity index (χ4n) is 9.03. The fraction of sp³-hybridized carbons (Fsp3) is 0. The smallest absolute Gasteiger partial charge is 0.135 e. The van der Waals surface area contributed by atoms with Crippen LogP contribution in [0, 0.1) is 0 Å². The maximum Gasteiger partial charge on any atom is 0.135 e. The van der Waals surface area contributed by atoms with Crippen molar-refractivity contribution in [3.05, 3.63) is 182 Å². The molecule has 1 aliphatic heterocycles. The lowest BCUT2D eigenvalue weighted by atomic mass is 9.90. The molecule has 0 radical (unpaired) electrons. The fourth-order valence-corrected chi connectivity index (χ4v) is 9.03. The lowest BCUT2D eigenvalue weighted by Crippen LogP contribution is -1.99. The van der Waals surface area contributed by atoms with E-state index >= 15 is 0 Å². The van der Waals surface area contributed by atoms with Crippen molar-refractivity contribution in [3.8, 4) is 45.1 Å². The van der Waals surface area contributed by atoms with Gasteiger partial charge < -0.3 is 13.9 Å². The predicted molar refractivity (Wildman–Crippen MR) is 221 cm³/mol. The number of hydrogen-bond acceptors (Lipinski definition) is 1. The average Bonchev–Trinajstić information content (AvgIpc) is 3.74. The number of benzene rings is 9. The Hall–Kier alpha value is -7.10. The zero-order chi connectivity index (χ0) is 34.6. The van der Waals surface area contributed by atoms with Crippen LogP contribution in [-0.2, 0) is 0 Å². The van der Waals surface area contributed by atoms with Crippen molar-refractivity contribution in [1.82, 2.24) is 9.13 Å². The summed E-state index contributed by atoms with van der Waals surface area (Å²) in [5.74, 6) is 1.77. The number of aromatic nitrogens is 2. The summed E-state index contributed by atoms with van der Waals surface area (Å²) in [5, 5.41) is 9.81. The summed E-state index contributed by atoms with van der Waals surface area (Å²) in [4.78, 5) is 0. The molecule has 246 valence electrons. The monoisotopic (exact) mass is 674 g/mol. The molecule has 0 fully saturated rings. The zero-order valence-electron chi connectivity index (χ0n) is 28.6. The lowest BCUT2D eigenvalue weighted by molar-refractivity contribution is 0.487. The second kappa shape index (κ2) is 10.7. The van der Waals surface area contributed by atoms with E-state index in [1.807, 2.05) is 0 Å². The zero-order valence-corrected chi connectivity index (χ0v) is 28.6. The van der Waals surface area contributed by atoms with Gasteiger partial charge in [-0.2, -0.15) is 0 Å². The van der Waals surface area contributed by atoms with Gasteiger partial charge in [-0.3, -0.25) is 0 Å². The third kappa shape index (κ3) is 3.99. The molecule has 53 heavy (non-hydrogen) atoms. The molecule has 0 saturated carbocycles. The molecule has 3 heteroatoms. The van der Waals surface area contributed by atoms with Crippen molar-refractivity contribution in [2.45, 2.75) is 0 Å². The summed E-state index contributed by atoms with van der Waals surface area (Å²) >= 11 is 0. The van der Waals surface area contributed by atoms with E-state index in [1.54, 1.807) is 0 Å². The molecule has 11 aromatic rings. The molecular formula is C50H30N2O. The first-order valence-electron chi connectivity index (χ1n) is 18.2. The van der Waals surface area contributed by atoms with Crippen LogP contribution < -0.4 is 4.74 Å². The highest BCUT2D eigenvalue weighted by molar-refractivity contribution is 6.26. The molecule has 0 N–H and O–H groups in total. The summed E-state index contributed by atoms with van der Waals surface area (Å²) in [6.45, 7) is 0. The Bertz CT molecular complexity index is 3310. The second-order valence-electron chi connectivity index (χ2n) is 14.1. The van der Waals surface area contributed by atoms with Crippen molar-refractivity contribution >= 4 is 65.2 Å². The molecular weight excluding hydrogens is 645 g/mol. The molecule has 1 aliphatic rings.